The first kappa shape index (κ1) is 7.92. The van der Waals surface area contributed by atoms with Crippen LogP contribution in [0.3, 0.4) is 0 Å². The van der Waals surface area contributed by atoms with Crippen LogP contribution in [0.1, 0.15) is 5.69 Å². The second-order valence-corrected chi connectivity index (χ2v) is 3.00. The van der Waals surface area contributed by atoms with Crippen molar-refractivity contribution in [2.45, 2.75) is 6.42 Å². The molecule has 1 aromatic heterocycles. The van der Waals surface area contributed by atoms with Gasteiger partial charge >= 0.3 is 0 Å². The molecule has 1 heterocycles. The number of rotatable bonds is 2. The molecule has 0 aliphatic heterocycles. The Labute approximate surface area is 76.7 Å². The summed E-state index contributed by atoms with van der Waals surface area (Å²) in [7, 11) is 0. The van der Waals surface area contributed by atoms with Crippen molar-refractivity contribution in [3.63, 3.8) is 0 Å². The largest absolute Gasteiger partial charge is 0.428 e. The van der Waals surface area contributed by atoms with E-state index in [4.69, 9.17) is 0 Å². The quantitative estimate of drug-likeness (QED) is 0.548. The van der Waals surface area contributed by atoms with Gasteiger partial charge in [-0.15, -0.1) is 6.58 Å². The fourth-order valence-electron chi connectivity index (χ4n) is 1.49. The van der Waals surface area contributed by atoms with Gasteiger partial charge in [-0.2, -0.15) is 4.73 Å². The average molecular weight is 173 g/mol. The Bertz CT molecular complexity index is 442. The van der Waals surface area contributed by atoms with E-state index in [0.717, 1.165) is 16.6 Å². The minimum absolute atomic E-state index is 0.686. The van der Waals surface area contributed by atoms with Gasteiger partial charge in [0.05, 0.1) is 11.2 Å². The van der Waals surface area contributed by atoms with Gasteiger partial charge in [0.2, 0.25) is 0 Å². The van der Waals surface area contributed by atoms with Crippen LogP contribution in [0.2, 0.25) is 0 Å². The van der Waals surface area contributed by atoms with E-state index in [1.807, 2.05) is 30.3 Å². The number of benzene rings is 1. The van der Waals surface area contributed by atoms with E-state index in [2.05, 4.69) is 6.58 Å². The summed E-state index contributed by atoms with van der Waals surface area (Å²) in [6.45, 7) is 3.64. The van der Waals surface area contributed by atoms with Crippen LogP contribution in [0.5, 0.6) is 0 Å². The molecule has 13 heavy (non-hydrogen) atoms. The molecule has 2 heteroatoms. The molecular weight excluding hydrogens is 162 g/mol. The summed E-state index contributed by atoms with van der Waals surface area (Å²) in [6, 6.07) is 9.71. The molecule has 2 rings (SSSR count). The van der Waals surface area contributed by atoms with Gasteiger partial charge in [0, 0.05) is 11.8 Å². The molecule has 0 bridgehead atoms. The third-order valence-corrected chi connectivity index (χ3v) is 2.11. The second kappa shape index (κ2) is 2.98. The lowest BCUT2D eigenvalue weighted by Crippen LogP contribution is -1.95. The summed E-state index contributed by atoms with van der Waals surface area (Å²) in [5, 5.41) is 10.7. The molecule has 0 aliphatic rings. The number of hydrogen-bond acceptors (Lipinski definition) is 1. The first-order chi connectivity index (χ1) is 6.33. The van der Waals surface area contributed by atoms with E-state index in [1.54, 1.807) is 6.08 Å². The van der Waals surface area contributed by atoms with Crippen LogP contribution in [0.25, 0.3) is 10.9 Å². The predicted molar refractivity (Wildman–Crippen MR) is 53.0 cm³/mol. The first-order valence-electron chi connectivity index (χ1n) is 4.22. The van der Waals surface area contributed by atoms with Gasteiger partial charge in [0.1, 0.15) is 0 Å². The Hall–Kier alpha value is -1.70. The van der Waals surface area contributed by atoms with Gasteiger partial charge in [-0.05, 0) is 12.1 Å². The van der Waals surface area contributed by atoms with Gasteiger partial charge < -0.3 is 5.21 Å². The molecule has 0 aliphatic carbocycles. The number of hydrogen-bond donors (Lipinski definition) is 1. The number of allylic oxidation sites excluding steroid dienone is 1. The summed E-state index contributed by atoms with van der Waals surface area (Å²) < 4.78 is 1.22. The summed E-state index contributed by atoms with van der Waals surface area (Å²) in [4.78, 5) is 0. The number of para-hydroxylation sites is 1. The highest BCUT2D eigenvalue weighted by Gasteiger charge is 2.04. The van der Waals surface area contributed by atoms with E-state index in [9.17, 15) is 5.21 Å². The summed E-state index contributed by atoms with van der Waals surface area (Å²) in [5.41, 5.74) is 1.72. The van der Waals surface area contributed by atoms with Crippen molar-refractivity contribution >= 4 is 10.9 Å². The number of fused-ring (bicyclic) bond motifs is 1. The maximum absolute atomic E-state index is 9.69. The zero-order valence-electron chi connectivity index (χ0n) is 7.27. The van der Waals surface area contributed by atoms with E-state index in [0.29, 0.717) is 6.42 Å². The molecule has 0 unspecified atom stereocenters. The summed E-state index contributed by atoms with van der Waals surface area (Å²) in [5.74, 6) is 0. The maximum atomic E-state index is 9.69. The molecule has 0 saturated carbocycles. The van der Waals surface area contributed by atoms with Gasteiger partial charge in [-0.3, -0.25) is 0 Å². The lowest BCUT2D eigenvalue weighted by Gasteiger charge is -1.98. The Kier molecular flexibility index (Phi) is 1.81. The zero-order chi connectivity index (χ0) is 9.26. The Morgan fingerprint density at radius 2 is 2.15 bits per heavy atom. The Morgan fingerprint density at radius 3 is 2.85 bits per heavy atom. The Morgan fingerprint density at radius 1 is 1.38 bits per heavy atom. The second-order valence-electron chi connectivity index (χ2n) is 3.00. The van der Waals surface area contributed by atoms with Crippen LogP contribution < -0.4 is 0 Å². The van der Waals surface area contributed by atoms with Crippen LogP contribution >= 0.6 is 0 Å². The third-order valence-electron chi connectivity index (χ3n) is 2.11. The van der Waals surface area contributed by atoms with Crippen LogP contribution in [0, 0.1) is 0 Å². The van der Waals surface area contributed by atoms with Crippen molar-refractivity contribution in [1.29, 1.82) is 0 Å². The van der Waals surface area contributed by atoms with Gasteiger partial charge in [-0.1, -0.05) is 24.3 Å². The monoisotopic (exact) mass is 173 g/mol. The van der Waals surface area contributed by atoms with Crippen LogP contribution in [0.4, 0.5) is 0 Å². The average Bonchev–Trinajstić information content (AvgIpc) is 2.46. The van der Waals surface area contributed by atoms with Crippen LogP contribution in [-0.2, 0) is 6.42 Å². The number of aromatic nitrogens is 1. The van der Waals surface area contributed by atoms with Crippen molar-refractivity contribution in [3.05, 3.63) is 48.7 Å². The fourth-order valence-corrected chi connectivity index (χ4v) is 1.49. The first-order valence-corrected chi connectivity index (χ1v) is 4.22. The summed E-state index contributed by atoms with van der Waals surface area (Å²) >= 11 is 0. The molecule has 2 nitrogen and oxygen atoms in total. The SMILES string of the molecule is C=CCc1cc2ccccc2n1O. The van der Waals surface area contributed by atoms with Crippen molar-refractivity contribution in [2.75, 3.05) is 0 Å². The highest BCUT2D eigenvalue weighted by atomic mass is 16.5. The molecule has 0 spiro atoms. The minimum atomic E-state index is 0.686. The minimum Gasteiger partial charge on any atom is -0.428 e. The topological polar surface area (TPSA) is 25.2 Å². The highest BCUT2D eigenvalue weighted by molar-refractivity contribution is 5.80. The molecule has 0 radical (unpaired) electrons. The van der Waals surface area contributed by atoms with Gasteiger partial charge in [0.15, 0.2) is 0 Å². The van der Waals surface area contributed by atoms with Crippen LogP contribution in [-0.4, -0.2) is 9.94 Å². The standard InChI is InChI=1S/C11H11NO/c1-2-5-10-8-9-6-3-4-7-11(9)12(10)13/h2-4,6-8,13H,1,5H2. The van der Waals surface area contributed by atoms with E-state index >= 15 is 0 Å². The predicted octanol–water partition coefficient (Wildman–Crippen LogP) is 2.61. The lowest BCUT2D eigenvalue weighted by atomic mass is 10.2. The Balaban J connectivity index is 2.66. The number of nitrogens with zero attached hydrogens (tertiary/aromatic N) is 1. The maximum Gasteiger partial charge on any atom is 0.0868 e. The van der Waals surface area contributed by atoms with Gasteiger partial charge in [0.25, 0.3) is 0 Å². The molecule has 0 amide bonds. The van der Waals surface area contributed by atoms with Crippen molar-refractivity contribution in [2.24, 2.45) is 0 Å². The third kappa shape index (κ3) is 1.20. The molecular formula is C11H11NO. The molecule has 1 aromatic carbocycles. The van der Waals surface area contributed by atoms with Gasteiger partial charge in [-0.25, -0.2) is 0 Å². The highest BCUT2D eigenvalue weighted by Crippen LogP contribution is 2.18. The molecule has 66 valence electrons. The molecule has 0 fully saturated rings. The van der Waals surface area contributed by atoms with E-state index in [1.165, 1.54) is 4.73 Å². The van der Waals surface area contributed by atoms with Crippen LogP contribution in [0.15, 0.2) is 43.0 Å². The van der Waals surface area contributed by atoms with Crippen molar-refractivity contribution in [1.82, 2.24) is 4.73 Å². The smallest absolute Gasteiger partial charge is 0.0868 e. The van der Waals surface area contributed by atoms with Crippen molar-refractivity contribution in [3.8, 4) is 0 Å². The fraction of sp³-hybridized carbons (Fsp3) is 0.0909. The van der Waals surface area contributed by atoms with E-state index < -0.39 is 0 Å². The normalized spacial score (nSPS) is 10.5. The summed E-state index contributed by atoms with van der Waals surface area (Å²) in [6.07, 6.45) is 2.46. The molecule has 1 N–H and O–H groups in total. The molecule has 0 saturated heterocycles. The van der Waals surface area contributed by atoms with E-state index in [-0.39, 0.29) is 0 Å². The molecule has 2 aromatic rings. The van der Waals surface area contributed by atoms with Crippen molar-refractivity contribution < 1.29 is 5.21 Å². The molecule has 0 atom stereocenters. The zero-order valence-corrected chi connectivity index (χ0v) is 7.27. The lowest BCUT2D eigenvalue weighted by molar-refractivity contribution is 0.192.